The van der Waals surface area contributed by atoms with E-state index in [1.165, 1.54) is 0 Å². The monoisotopic (exact) mass is 379 g/mol. The van der Waals surface area contributed by atoms with Crippen molar-refractivity contribution in [1.29, 1.82) is 0 Å². The second-order valence-corrected chi connectivity index (χ2v) is 6.80. The van der Waals surface area contributed by atoms with Crippen LogP contribution in [0.4, 0.5) is 5.69 Å². The molecule has 0 saturated heterocycles. The van der Waals surface area contributed by atoms with Gasteiger partial charge in [0.25, 0.3) is 5.91 Å². The number of aromatic nitrogens is 2. The van der Waals surface area contributed by atoms with Crippen molar-refractivity contribution >= 4 is 33.6 Å². The number of rotatable bonds is 3. The summed E-state index contributed by atoms with van der Waals surface area (Å²) in [4.78, 5) is 21.7. The van der Waals surface area contributed by atoms with Gasteiger partial charge < -0.3 is 9.73 Å². The van der Waals surface area contributed by atoms with Crippen LogP contribution in [0.3, 0.4) is 0 Å². The highest BCUT2D eigenvalue weighted by atomic mass is 16.3. The molecule has 1 amide bonds. The average Bonchev–Trinajstić information content (AvgIpc) is 3.18. The van der Waals surface area contributed by atoms with Crippen LogP contribution in [0.1, 0.15) is 15.9 Å². The molecule has 0 radical (unpaired) electrons. The standard InChI is InChI=1S/C24H17N3O2/c1-15-17(24-27-22-21(29-24)13-6-14-25-22)10-5-12-20(15)26-23(28)19-11-4-8-16-7-2-3-9-18(16)19/h2-14H,1H3,(H,26,28). The number of pyridine rings is 1. The molecular formula is C24H17N3O2. The zero-order valence-electron chi connectivity index (χ0n) is 15.7. The molecule has 5 heteroatoms. The van der Waals surface area contributed by atoms with Crippen LogP contribution >= 0.6 is 0 Å². The molecule has 0 bridgehead atoms. The van der Waals surface area contributed by atoms with Crippen molar-refractivity contribution in [2.24, 2.45) is 0 Å². The minimum atomic E-state index is -0.152. The van der Waals surface area contributed by atoms with Gasteiger partial charge in [-0.1, -0.05) is 42.5 Å². The summed E-state index contributed by atoms with van der Waals surface area (Å²) in [6.07, 6.45) is 1.68. The molecule has 0 aliphatic heterocycles. The second kappa shape index (κ2) is 6.87. The Morgan fingerprint density at radius 2 is 1.76 bits per heavy atom. The fourth-order valence-electron chi connectivity index (χ4n) is 3.50. The molecule has 0 aliphatic carbocycles. The van der Waals surface area contributed by atoms with E-state index in [-0.39, 0.29) is 5.91 Å². The predicted octanol–water partition coefficient (Wildman–Crippen LogP) is 5.60. The third-order valence-electron chi connectivity index (χ3n) is 5.01. The van der Waals surface area contributed by atoms with Crippen LogP contribution in [0, 0.1) is 6.92 Å². The Morgan fingerprint density at radius 3 is 2.66 bits per heavy atom. The number of nitrogens with zero attached hydrogens (tertiary/aromatic N) is 2. The van der Waals surface area contributed by atoms with E-state index < -0.39 is 0 Å². The Hall–Kier alpha value is -3.99. The number of amides is 1. The van der Waals surface area contributed by atoms with E-state index in [9.17, 15) is 4.79 Å². The first-order valence-electron chi connectivity index (χ1n) is 9.31. The largest absolute Gasteiger partial charge is 0.434 e. The molecule has 3 aromatic carbocycles. The lowest BCUT2D eigenvalue weighted by Gasteiger charge is -2.12. The Balaban J connectivity index is 1.52. The molecule has 140 valence electrons. The average molecular weight is 379 g/mol. The molecular weight excluding hydrogens is 362 g/mol. The van der Waals surface area contributed by atoms with Gasteiger partial charge in [-0.25, -0.2) is 4.98 Å². The lowest BCUT2D eigenvalue weighted by atomic mass is 10.0. The molecule has 1 N–H and O–H groups in total. The van der Waals surface area contributed by atoms with Crippen molar-refractivity contribution in [3.63, 3.8) is 0 Å². The molecule has 0 unspecified atom stereocenters. The molecule has 29 heavy (non-hydrogen) atoms. The zero-order chi connectivity index (χ0) is 19.8. The van der Waals surface area contributed by atoms with Crippen LogP contribution in [0.2, 0.25) is 0 Å². The fourth-order valence-corrected chi connectivity index (χ4v) is 3.50. The number of hydrogen-bond donors (Lipinski definition) is 1. The molecule has 0 aliphatic rings. The van der Waals surface area contributed by atoms with Gasteiger partial charge in [0.2, 0.25) is 5.89 Å². The normalized spacial score (nSPS) is 11.1. The third-order valence-corrected chi connectivity index (χ3v) is 5.01. The first kappa shape index (κ1) is 17.1. The number of carbonyl (C=O) groups excluding carboxylic acids is 1. The SMILES string of the molecule is Cc1c(NC(=O)c2cccc3ccccc23)cccc1-c1nc2ncccc2o1. The van der Waals surface area contributed by atoms with Gasteiger partial charge in [-0.15, -0.1) is 0 Å². The van der Waals surface area contributed by atoms with Gasteiger partial charge >= 0.3 is 0 Å². The maximum Gasteiger partial charge on any atom is 0.256 e. The van der Waals surface area contributed by atoms with Crippen molar-refractivity contribution in [3.8, 4) is 11.5 Å². The summed E-state index contributed by atoms with van der Waals surface area (Å²) >= 11 is 0. The molecule has 5 rings (SSSR count). The first-order valence-corrected chi connectivity index (χ1v) is 9.31. The van der Waals surface area contributed by atoms with Gasteiger partial charge in [0, 0.05) is 23.0 Å². The molecule has 0 atom stereocenters. The van der Waals surface area contributed by atoms with Crippen molar-refractivity contribution in [2.75, 3.05) is 5.32 Å². The van der Waals surface area contributed by atoms with Crippen LogP contribution in [0.25, 0.3) is 33.5 Å². The quantitative estimate of drug-likeness (QED) is 0.443. The highest BCUT2D eigenvalue weighted by Crippen LogP contribution is 2.30. The van der Waals surface area contributed by atoms with Gasteiger partial charge in [0.05, 0.1) is 0 Å². The summed E-state index contributed by atoms with van der Waals surface area (Å²) in [7, 11) is 0. The van der Waals surface area contributed by atoms with Crippen molar-refractivity contribution in [1.82, 2.24) is 9.97 Å². The highest BCUT2D eigenvalue weighted by Gasteiger charge is 2.16. The Bertz CT molecular complexity index is 1330. The summed E-state index contributed by atoms with van der Waals surface area (Å²) in [5.41, 5.74) is 4.25. The van der Waals surface area contributed by atoms with Crippen LogP contribution in [0.5, 0.6) is 0 Å². The molecule has 2 heterocycles. The van der Waals surface area contributed by atoms with E-state index >= 15 is 0 Å². The summed E-state index contributed by atoms with van der Waals surface area (Å²) in [6, 6.07) is 22.9. The number of oxazole rings is 1. The number of anilines is 1. The number of nitrogens with one attached hydrogen (secondary N) is 1. The maximum atomic E-state index is 13.0. The molecule has 0 saturated carbocycles. The molecule has 0 spiro atoms. The summed E-state index contributed by atoms with van der Waals surface area (Å²) < 4.78 is 5.85. The molecule has 2 aromatic heterocycles. The summed E-state index contributed by atoms with van der Waals surface area (Å²) in [5.74, 6) is 0.332. The minimum absolute atomic E-state index is 0.152. The van der Waals surface area contributed by atoms with Crippen molar-refractivity contribution < 1.29 is 9.21 Å². The van der Waals surface area contributed by atoms with Crippen LogP contribution < -0.4 is 5.32 Å². The topological polar surface area (TPSA) is 68.0 Å². The third kappa shape index (κ3) is 3.02. The predicted molar refractivity (Wildman–Crippen MR) is 114 cm³/mol. The van der Waals surface area contributed by atoms with E-state index in [0.29, 0.717) is 22.7 Å². The van der Waals surface area contributed by atoms with Crippen molar-refractivity contribution in [2.45, 2.75) is 6.92 Å². The number of fused-ring (bicyclic) bond motifs is 2. The van der Waals surface area contributed by atoms with Crippen LogP contribution in [-0.4, -0.2) is 15.9 Å². The summed E-state index contributed by atoms with van der Waals surface area (Å²) in [6.45, 7) is 1.94. The van der Waals surface area contributed by atoms with E-state index in [0.717, 1.165) is 27.6 Å². The lowest BCUT2D eigenvalue weighted by Crippen LogP contribution is -2.13. The smallest absolute Gasteiger partial charge is 0.256 e. The Morgan fingerprint density at radius 1 is 0.931 bits per heavy atom. The Labute approximate surface area is 167 Å². The zero-order valence-corrected chi connectivity index (χ0v) is 15.7. The number of carbonyl (C=O) groups is 1. The molecule has 0 fully saturated rings. The van der Waals surface area contributed by atoms with Crippen LogP contribution in [0.15, 0.2) is 83.4 Å². The lowest BCUT2D eigenvalue weighted by molar-refractivity contribution is 0.102. The van der Waals surface area contributed by atoms with Crippen molar-refractivity contribution in [3.05, 3.63) is 90.1 Å². The fraction of sp³-hybridized carbons (Fsp3) is 0.0417. The number of hydrogen-bond acceptors (Lipinski definition) is 4. The maximum absolute atomic E-state index is 13.0. The van der Waals surface area contributed by atoms with E-state index in [1.54, 1.807) is 6.20 Å². The highest BCUT2D eigenvalue weighted by molar-refractivity contribution is 6.13. The Kier molecular flexibility index (Phi) is 4.06. The second-order valence-electron chi connectivity index (χ2n) is 6.80. The van der Waals surface area contributed by atoms with Gasteiger partial charge in [0.1, 0.15) is 0 Å². The van der Waals surface area contributed by atoms with E-state index in [1.807, 2.05) is 79.7 Å². The van der Waals surface area contributed by atoms with Crippen LogP contribution in [-0.2, 0) is 0 Å². The number of benzene rings is 3. The molecule has 5 aromatic rings. The minimum Gasteiger partial charge on any atom is -0.434 e. The first-order chi connectivity index (χ1) is 14.2. The van der Waals surface area contributed by atoms with Gasteiger partial charge in [-0.3, -0.25) is 4.79 Å². The van der Waals surface area contributed by atoms with E-state index in [4.69, 9.17) is 4.42 Å². The van der Waals surface area contributed by atoms with Gasteiger partial charge in [-0.2, -0.15) is 4.98 Å². The van der Waals surface area contributed by atoms with E-state index in [2.05, 4.69) is 15.3 Å². The van der Waals surface area contributed by atoms with Gasteiger partial charge in [-0.05, 0) is 53.6 Å². The molecule has 5 nitrogen and oxygen atoms in total. The summed E-state index contributed by atoms with van der Waals surface area (Å²) in [5, 5.41) is 4.99. The van der Waals surface area contributed by atoms with Gasteiger partial charge in [0.15, 0.2) is 11.2 Å².